The van der Waals surface area contributed by atoms with Gasteiger partial charge in [0.15, 0.2) is 5.34 Å². The first-order valence-corrected chi connectivity index (χ1v) is 8.47. The van der Waals surface area contributed by atoms with E-state index in [9.17, 15) is 19.1 Å². The molecule has 6 nitrogen and oxygen atoms in total. The van der Waals surface area contributed by atoms with E-state index in [0.29, 0.717) is 18.4 Å². The lowest BCUT2D eigenvalue weighted by Crippen LogP contribution is -2.38. The van der Waals surface area contributed by atoms with E-state index in [2.05, 4.69) is 6.58 Å². The van der Waals surface area contributed by atoms with Gasteiger partial charge in [0, 0.05) is 12.0 Å². The Morgan fingerprint density at radius 1 is 1.33 bits per heavy atom. The van der Waals surface area contributed by atoms with Gasteiger partial charge in [0.05, 0.1) is 6.10 Å². The van der Waals surface area contributed by atoms with E-state index >= 15 is 0 Å². The summed E-state index contributed by atoms with van der Waals surface area (Å²) < 4.78 is 22.2. The maximum absolute atomic E-state index is 11.7. The molecule has 7 heteroatoms. The Hall–Kier alpha value is -0.680. The summed E-state index contributed by atoms with van der Waals surface area (Å²) >= 11 is 0. The molecule has 0 fully saturated rings. The van der Waals surface area contributed by atoms with Crippen molar-refractivity contribution in [1.82, 2.24) is 0 Å². The standard InChI is InChI=1S/C14H27O6P/c1-8-14(7,20-12(15)10(2)3)9-11(4)19-13(5,6)21(16,17)18/h11H,2,8-9H2,1,3-7H3,(H2,16,17,18)/t11?,14-/m0/s1. The molecule has 0 aliphatic heterocycles. The van der Waals surface area contributed by atoms with Crippen LogP contribution in [0.25, 0.3) is 0 Å². The van der Waals surface area contributed by atoms with Crippen molar-refractivity contribution < 1.29 is 28.6 Å². The van der Waals surface area contributed by atoms with Crippen molar-refractivity contribution in [2.75, 3.05) is 0 Å². The molecule has 0 rings (SSSR count). The van der Waals surface area contributed by atoms with Gasteiger partial charge in [0.25, 0.3) is 0 Å². The molecule has 21 heavy (non-hydrogen) atoms. The van der Waals surface area contributed by atoms with Gasteiger partial charge in [-0.05, 0) is 41.0 Å². The zero-order valence-electron chi connectivity index (χ0n) is 13.7. The van der Waals surface area contributed by atoms with Gasteiger partial charge in [0.1, 0.15) is 5.60 Å². The highest BCUT2D eigenvalue weighted by Gasteiger charge is 2.41. The van der Waals surface area contributed by atoms with Crippen LogP contribution in [-0.4, -0.2) is 32.8 Å². The monoisotopic (exact) mass is 322 g/mol. The molecule has 124 valence electrons. The molecule has 0 heterocycles. The summed E-state index contributed by atoms with van der Waals surface area (Å²) in [5.74, 6) is -0.485. The molecule has 0 bridgehead atoms. The summed E-state index contributed by atoms with van der Waals surface area (Å²) in [6.07, 6.45) is 0.387. The Morgan fingerprint density at radius 2 is 1.81 bits per heavy atom. The second-order valence-corrected chi connectivity index (χ2v) is 8.26. The molecule has 0 amide bonds. The normalized spacial score (nSPS) is 17.0. The van der Waals surface area contributed by atoms with Crippen LogP contribution < -0.4 is 0 Å². The van der Waals surface area contributed by atoms with Crippen LogP contribution in [0.2, 0.25) is 0 Å². The van der Waals surface area contributed by atoms with Crippen molar-refractivity contribution in [3.8, 4) is 0 Å². The lowest BCUT2D eigenvalue weighted by atomic mass is 9.95. The first-order chi connectivity index (χ1) is 9.24. The Morgan fingerprint density at radius 3 is 2.14 bits per heavy atom. The molecule has 0 spiro atoms. The van der Waals surface area contributed by atoms with Crippen LogP contribution in [0.5, 0.6) is 0 Å². The highest BCUT2D eigenvalue weighted by Crippen LogP contribution is 2.51. The van der Waals surface area contributed by atoms with Crippen molar-refractivity contribution in [1.29, 1.82) is 0 Å². The Bertz CT molecular complexity index is 439. The molecule has 0 aliphatic carbocycles. The Labute approximate surface area is 126 Å². The van der Waals surface area contributed by atoms with Crippen LogP contribution >= 0.6 is 7.60 Å². The summed E-state index contributed by atoms with van der Waals surface area (Å²) in [5.41, 5.74) is -0.473. The molecule has 0 aromatic carbocycles. The SMILES string of the molecule is C=C(C)C(=O)O[C@@](C)(CC)CC(C)OC(C)(C)P(=O)(O)O. The maximum atomic E-state index is 11.7. The van der Waals surface area contributed by atoms with Crippen LogP contribution in [-0.2, 0) is 18.8 Å². The van der Waals surface area contributed by atoms with Gasteiger partial charge in [-0.15, -0.1) is 0 Å². The van der Waals surface area contributed by atoms with Gasteiger partial charge in [-0.25, -0.2) is 4.79 Å². The van der Waals surface area contributed by atoms with Crippen LogP contribution in [0, 0.1) is 0 Å². The second kappa shape index (κ2) is 7.05. The molecule has 0 aromatic rings. The van der Waals surface area contributed by atoms with Crippen molar-refractivity contribution in [3.05, 3.63) is 12.2 Å². The second-order valence-electron chi connectivity index (χ2n) is 6.10. The zero-order valence-corrected chi connectivity index (χ0v) is 14.6. The molecule has 1 unspecified atom stereocenters. The minimum Gasteiger partial charge on any atom is -0.456 e. The smallest absolute Gasteiger partial charge is 0.356 e. The van der Waals surface area contributed by atoms with Gasteiger partial charge in [0.2, 0.25) is 0 Å². The summed E-state index contributed by atoms with van der Waals surface area (Å²) in [6, 6.07) is 0. The topological polar surface area (TPSA) is 93.1 Å². The Kier molecular flexibility index (Phi) is 6.83. The van der Waals surface area contributed by atoms with Crippen LogP contribution in [0.1, 0.15) is 54.4 Å². The quantitative estimate of drug-likeness (QED) is 0.405. The van der Waals surface area contributed by atoms with Gasteiger partial charge in [-0.2, -0.15) is 0 Å². The summed E-state index contributed by atoms with van der Waals surface area (Å²) in [4.78, 5) is 30.2. The van der Waals surface area contributed by atoms with E-state index in [1.807, 2.05) is 6.92 Å². The minimum atomic E-state index is -4.38. The van der Waals surface area contributed by atoms with Gasteiger partial charge >= 0.3 is 13.6 Å². The molecule has 0 aliphatic rings. The molecular weight excluding hydrogens is 295 g/mol. The first kappa shape index (κ1) is 20.3. The molecule has 0 aromatic heterocycles. The molecular formula is C14H27O6P. The molecule has 0 radical (unpaired) electrons. The lowest BCUT2D eigenvalue weighted by molar-refractivity contribution is -0.158. The number of esters is 1. The molecule has 0 saturated heterocycles. The predicted molar refractivity (Wildman–Crippen MR) is 80.9 cm³/mol. The maximum Gasteiger partial charge on any atom is 0.356 e. The van der Waals surface area contributed by atoms with Crippen molar-refractivity contribution in [2.45, 2.75) is 71.4 Å². The van der Waals surface area contributed by atoms with E-state index < -0.39 is 30.6 Å². The van der Waals surface area contributed by atoms with E-state index in [1.165, 1.54) is 13.8 Å². The van der Waals surface area contributed by atoms with E-state index in [4.69, 9.17) is 9.47 Å². The van der Waals surface area contributed by atoms with E-state index in [-0.39, 0.29) is 0 Å². The number of hydrogen-bond donors (Lipinski definition) is 2. The van der Waals surface area contributed by atoms with Crippen molar-refractivity contribution in [3.63, 3.8) is 0 Å². The molecule has 2 atom stereocenters. The fraction of sp³-hybridized carbons (Fsp3) is 0.786. The summed E-state index contributed by atoms with van der Waals surface area (Å²) in [7, 11) is -4.38. The first-order valence-electron chi connectivity index (χ1n) is 6.86. The van der Waals surface area contributed by atoms with Crippen molar-refractivity contribution in [2.24, 2.45) is 0 Å². The van der Waals surface area contributed by atoms with E-state index in [1.54, 1.807) is 20.8 Å². The number of carbonyl (C=O) groups is 1. The average molecular weight is 322 g/mol. The van der Waals surface area contributed by atoms with Gasteiger partial charge in [-0.1, -0.05) is 13.5 Å². The largest absolute Gasteiger partial charge is 0.456 e. The van der Waals surface area contributed by atoms with E-state index in [0.717, 1.165) is 0 Å². The lowest BCUT2D eigenvalue weighted by Gasteiger charge is -2.35. The summed E-state index contributed by atoms with van der Waals surface area (Å²) in [5, 5.41) is -1.58. The van der Waals surface area contributed by atoms with Crippen LogP contribution in [0.3, 0.4) is 0 Å². The zero-order chi connectivity index (χ0) is 17.1. The highest BCUT2D eigenvalue weighted by molar-refractivity contribution is 7.53. The number of carbonyl (C=O) groups excluding carboxylic acids is 1. The fourth-order valence-electron chi connectivity index (χ4n) is 1.78. The number of rotatable bonds is 8. The minimum absolute atomic E-state index is 0.304. The highest BCUT2D eigenvalue weighted by atomic mass is 31.2. The molecule has 0 saturated carbocycles. The fourth-order valence-corrected chi connectivity index (χ4v) is 2.10. The van der Waals surface area contributed by atoms with Crippen LogP contribution in [0.15, 0.2) is 12.2 Å². The van der Waals surface area contributed by atoms with Gasteiger partial charge < -0.3 is 19.3 Å². The van der Waals surface area contributed by atoms with Crippen molar-refractivity contribution >= 4 is 13.6 Å². The van der Waals surface area contributed by atoms with Crippen LogP contribution in [0.4, 0.5) is 0 Å². The Balaban J connectivity index is 4.87. The third kappa shape index (κ3) is 6.30. The average Bonchev–Trinajstić information content (AvgIpc) is 2.25. The molecule has 2 N–H and O–H groups in total. The van der Waals surface area contributed by atoms with Gasteiger partial charge in [-0.3, -0.25) is 4.57 Å². The number of ether oxygens (including phenoxy) is 2. The predicted octanol–water partition coefficient (Wildman–Crippen LogP) is 2.98. The number of hydrogen-bond acceptors (Lipinski definition) is 4. The summed E-state index contributed by atoms with van der Waals surface area (Å²) in [6.45, 7) is 13.1. The third-order valence-electron chi connectivity index (χ3n) is 3.35. The third-order valence-corrected chi connectivity index (χ3v) is 4.85.